The molecule has 148 valence electrons. The molecule has 3 rings (SSSR count). The zero-order valence-electron chi connectivity index (χ0n) is 16.2. The minimum Gasteiger partial charge on any atom is -0.437 e. The lowest BCUT2D eigenvalue weighted by Gasteiger charge is -2.32. The molecular formula is C20H25N5O3. The average molecular weight is 383 g/mol. The van der Waals surface area contributed by atoms with Gasteiger partial charge in [-0.15, -0.1) is 0 Å². The number of nitrogens with two attached hydrogens (primary N) is 1. The molecule has 1 aliphatic heterocycles. The van der Waals surface area contributed by atoms with Gasteiger partial charge in [0.1, 0.15) is 11.4 Å². The van der Waals surface area contributed by atoms with Gasteiger partial charge in [0.05, 0.1) is 6.54 Å². The van der Waals surface area contributed by atoms with E-state index in [0.29, 0.717) is 23.7 Å². The van der Waals surface area contributed by atoms with Gasteiger partial charge in [-0.2, -0.15) is 0 Å². The van der Waals surface area contributed by atoms with Gasteiger partial charge in [0.15, 0.2) is 0 Å². The van der Waals surface area contributed by atoms with Gasteiger partial charge in [0, 0.05) is 38.0 Å². The molecule has 0 spiro atoms. The summed E-state index contributed by atoms with van der Waals surface area (Å²) in [5, 5.41) is 0. The van der Waals surface area contributed by atoms with Crippen LogP contribution in [0.2, 0.25) is 0 Å². The fourth-order valence-corrected chi connectivity index (χ4v) is 3.19. The Labute approximate surface area is 164 Å². The molecule has 1 saturated heterocycles. The van der Waals surface area contributed by atoms with Crippen molar-refractivity contribution in [1.82, 2.24) is 19.8 Å². The Bertz CT molecular complexity index is 830. The van der Waals surface area contributed by atoms with Crippen molar-refractivity contribution in [2.75, 3.05) is 33.7 Å². The van der Waals surface area contributed by atoms with E-state index in [9.17, 15) is 9.59 Å². The molecule has 2 amide bonds. The van der Waals surface area contributed by atoms with E-state index < -0.39 is 5.91 Å². The first kappa shape index (κ1) is 19.8. The Morgan fingerprint density at radius 1 is 1.14 bits per heavy atom. The SMILES string of the molecule is CN(C)C(=O)CN1CCC(c2nccnc2Oc2ccc(C(N)=O)cc2)CC1. The molecule has 28 heavy (non-hydrogen) atoms. The smallest absolute Gasteiger partial charge is 0.248 e. The molecule has 8 nitrogen and oxygen atoms in total. The first-order valence-electron chi connectivity index (χ1n) is 9.25. The summed E-state index contributed by atoms with van der Waals surface area (Å²) in [6, 6.07) is 6.62. The fourth-order valence-electron chi connectivity index (χ4n) is 3.19. The van der Waals surface area contributed by atoms with E-state index in [1.54, 1.807) is 55.7 Å². The second-order valence-electron chi connectivity index (χ2n) is 7.08. The van der Waals surface area contributed by atoms with Crippen LogP contribution in [0.1, 0.15) is 34.8 Å². The summed E-state index contributed by atoms with van der Waals surface area (Å²) >= 11 is 0. The highest BCUT2D eigenvalue weighted by atomic mass is 16.5. The van der Waals surface area contributed by atoms with Crippen molar-refractivity contribution in [1.29, 1.82) is 0 Å². The summed E-state index contributed by atoms with van der Waals surface area (Å²) in [7, 11) is 3.54. The van der Waals surface area contributed by atoms with Crippen molar-refractivity contribution in [3.63, 3.8) is 0 Å². The number of amides is 2. The highest BCUT2D eigenvalue weighted by Gasteiger charge is 2.26. The number of primary amides is 1. The van der Waals surface area contributed by atoms with Crippen LogP contribution in [0, 0.1) is 0 Å². The lowest BCUT2D eigenvalue weighted by Crippen LogP contribution is -2.40. The zero-order valence-corrected chi connectivity index (χ0v) is 16.2. The van der Waals surface area contributed by atoms with E-state index in [-0.39, 0.29) is 11.8 Å². The number of ether oxygens (including phenoxy) is 1. The largest absolute Gasteiger partial charge is 0.437 e. The minimum absolute atomic E-state index is 0.112. The lowest BCUT2D eigenvalue weighted by atomic mass is 9.93. The van der Waals surface area contributed by atoms with Gasteiger partial charge < -0.3 is 15.4 Å². The van der Waals surface area contributed by atoms with Crippen LogP contribution in [-0.4, -0.2) is 65.3 Å². The standard InChI is InChI=1S/C20H25N5O3/c1-24(2)17(26)13-25-11-7-14(8-12-25)18-20(23-10-9-22-18)28-16-5-3-15(4-6-16)19(21)27/h3-6,9-10,14H,7-8,11-13H2,1-2H3,(H2,21,27). The number of aromatic nitrogens is 2. The summed E-state index contributed by atoms with van der Waals surface area (Å²) in [4.78, 5) is 35.7. The van der Waals surface area contributed by atoms with Gasteiger partial charge >= 0.3 is 0 Å². The molecule has 1 aromatic heterocycles. The van der Waals surface area contributed by atoms with E-state index in [2.05, 4.69) is 14.9 Å². The van der Waals surface area contributed by atoms with Crippen molar-refractivity contribution in [2.24, 2.45) is 5.73 Å². The van der Waals surface area contributed by atoms with Gasteiger partial charge in [-0.1, -0.05) is 0 Å². The topological polar surface area (TPSA) is 102 Å². The van der Waals surface area contributed by atoms with E-state index in [4.69, 9.17) is 10.5 Å². The summed E-state index contributed by atoms with van der Waals surface area (Å²) in [5.74, 6) is 0.893. The number of likely N-dealkylation sites (N-methyl/N-ethyl adjacent to an activating group) is 1. The van der Waals surface area contributed by atoms with Crippen LogP contribution < -0.4 is 10.5 Å². The van der Waals surface area contributed by atoms with E-state index in [0.717, 1.165) is 31.6 Å². The summed E-state index contributed by atoms with van der Waals surface area (Å²) in [6.07, 6.45) is 5.04. The van der Waals surface area contributed by atoms with Crippen LogP contribution in [0.3, 0.4) is 0 Å². The summed E-state index contributed by atoms with van der Waals surface area (Å²) < 4.78 is 5.92. The number of hydrogen-bond acceptors (Lipinski definition) is 6. The van der Waals surface area contributed by atoms with Gasteiger partial charge in [-0.3, -0.25) is 19.5 Å². The lowest BCUT2D eigenvalue weighted by molar-refractivity contribution is -0.130. The minimum atomic E-state index is -0.480. The van der Waals surface area contributed by atoms with Crippen LogP contribution in [-0.2, 0) is 4.79 Å². The molecule has 0 saturated carbocycles. The molecule has 1 fully saturated rings. The molecule has 0 radical (unpaired) electrons. The molecule has 8 heteroatoms. The fraction of sp³-hybridized carbons (Fsp3) is 0.400. The zero-order chi connectivity index (χ0) is 20.1. The van der Waals surface area contributed by atoms with Crippen molar-refractivity contribution in [3.8, 4) is 11.6 Å². The highest BCUT2D eigenvalue weighted by molar-refractivity contribution is 5.92. The highest BCUT2D eigenvalue weighted by Crippen LogP contribution is 2.33. The first-order chi connectivity index (χ1) is 13.4. The predicted molar refractivity (Wildman–Crippen MR) is 104 cm³/mol. The maximum Gasteiger partial charge on any atom is 0.248 e. The average Bonchev–Trinajstić information content (AvgIpc) is 2.69. The maximum absolute atomic E-state index is 11.9. The van der Waals surface area contributed by atoms with Gasteiger partial charge in [-0.25, -0.2) is 4.98 Å². The normalized spacial score (nSPS) is 15.2. The number of hydrogen-bond donors (Lipinski definition) is 1. The molecule has 2 N–H and O–H groups in total. The third-order valence-electron chi connectivity index (χ3n) is 4.88. The van der Waals surface area contributed by atoms with Gasteiger partial charge in [-0.05, 0) is 50.2 Å². The van der Waals surface area contributed by atoms with Crippen molar-refractivity contribution >= 4 is 11.8 Å². The maximum atomic E-state index is 11.9. The molecule has 2 aromatic rings. The van der Waals surface area contributed by atoms with Crippen molar-refractivity contribution in [3.05, 3.63) is 47.9 Å². The summed E-state index contributed by atoms with van der Waals surface area (Å²) in [6.45, 7) is 2.09. The molecular weight excluding hydrogens is 358 g/mol. The van der Waals surface area contributed by atoms with Gasteiger partial charge in [0.25, 0.3) is 0 Å². The third-order valence-corrected chi connectivity index (χ3v) is 4.88. The quantitative estimate of drug-likeness (QED) is 0.814. The Morgan fingerprint density at radius 3 is 2.39 bits per heavy atom. The van der Waals surface area contributed by atoms with Crippen molar-refractivity contribution in [2.45, 2.75) is 18.8 Å². The molecule has 0 bridgehead atoms. The molecule has 1 aromatic carbocycles. The molecule has 2 heterocycles. The third kappa shape index (κ3) is 4.83. The monoisotopic (exact) mass is 383 g/mol. The number of benzene rings is 1. The Hall–Kier alpha value is -3.00. The second-order valence-corrected chi connectivity index (χ2v) is 7.08. The molecule has 0 unspecified atom stereocenters. The van der Waals surface area contributed by atoms with E-state index >= 15 is 0 Å². The van der Waals surface area contributed by atoms with Crippen LogP contribution >= 0.6 is 0 Å². The summed E-state index contributed by atoms with van der Waals surface area (Å²) in [5.41, 5.74) is 6.51. The van der Waals surface area contributed by atoms with E-state index in [1.807, 2.05) is 0 Å². The van der Waals surface area contributed by atoms with Crippen molar-refractivity contribution < 1.29 is 14.3 Å². The van der Waals surface area contributed by atoms with Crippen LogP contribution in [0.5, 0.6) is 11.6 Å². The molecule has 0 atom stereocenters. The van der Waals surface area contributed by atoms with Crippen LogP contribution in [0.15, 0.2) is 36.7 Å². The number of rotatable bonds is 6. The van der Waals surface area contributed by atoms with Crippen LogP contribution in [0.4, 0.5) is 0 Å². The molecule has 0 aliphatic carbocycles. The van der Waals surface area contributed by atoms with Crippen LogP contribution in [0.25, 0.3) is 0 Å². The number of carbonyl (C=O) groups is 2. The number of nitrogens with zero attached hydrogens (tertiary/aromatic N) is 4. The molecule has 1 aliphatic rings. The predicted octanol–water partition coefficient (Wildman–Crippen LogP) is 1.64. The Morgan fingerprint density at radius 2 is 1.79 bits per heavy atom. The number of carbonyl (C=O) groups excluding carboxylic acids is 2. The number of likely N-dealkylation sites (tertiary alicyclic amines) is 1. The number of piperidine rings is 1. The second kappa shape index (κ2) is 8.79. The van der Waals surface area contributed by atoms with E-state index in [1.165, 1.54) is 0 Å². The first-order valence-corrected chi connectivity index (χ1v) is 9.25. The Kier molecular flexibility index (Phi) is 6.20. The van der Waals surface area contributed by atoms with Gasteiger partial charge in [0.2, 0.25) is 17.7 Å². The Balaban J connectivity index is 1.66.